The Hall–Kier alpha value is -1.11. The molecule has 2 rings (SSSR count). The lowest BCUT2D eigenvalue weighted by Crippen LogP contribution is -2.45. The Morgan fingerprint density at radius 1 is 1.19 bits per heavy atom. The van der Waals surface area contributed by atoms with Crippen molar-refractivity contribution >= 4 is 16.7 Å². The maximum absolute atomic E-state index is 12.0. The molecular formula is C20H35N3O2S. The van der Waals surface area contributed by atoms with Crippen LogP contribution in [0.25, 0.3) is 0 Å². The van der Waals surface area contributed by atoms with E-state index in [9.17, 15) is 4.21 Å². The number of rotatable bonds is 11. The van der Waals surface area contributed by atoms with E-state index in [4.69, 9.17) is 4.74 Å². The van der Waals surface area contributed by atoms with Gasteiger partial charge in [0, 0.05) is 44.2 Å². The Balaban J connectivity index is 1.76. The highest BCUT2D eigenvalue weighted by atomic mass is 32.2. The van der Waals surface area contributed by atoms with Crippen LogP contribution in [0.1, 0.15) is 46.5 Å². The zero-order valence-corrected chi connectivity index (χ0v) is 17.4. The van der Waals surface area contributed by atoms with E-state index in [0.29, 0.717) is 5.75 Å². The first-order valence-electron chi connectivity index (χ1n) is 9.86. The predicted molar refractivity (Wildman–Crippen MR) is 111 cm³/mol. The first-order valence-corrected chi connectivity index (χ1v) is 11.2. The second-order valence-corrected chi connectivity index (χ2v) is 8.89. The number of hydrogen-bond acceptors (Lipinski definition) is 4. The molecule has 1 aliphatic rings. The first-order chi connectivity index (χ1) is 12.5. The third kappa shape index (κ3) is 8.06. The molecule has 1 unspecified atom stereocenters. The number of ether oxygens (including phenoxy) is 1. The minimum absolute atomic E-state index is 0.206. The third-order valence-electron chi connectivity index (χ3n) is 4.65. The van der Waals surface area contributed by atoms with Crippen LogP contribution in [0.3, 0.4) is 0 Å². The lowest BCUT2D eigenvalue weighted by atomic mass is 10.0. The summed E-state index contributed by atoms with van der Waals surface area (Å²) < 4.78 is 21.2. The highest BCUT2D eigenvalue weighted by Gasteiger charge is 2.22. The van der Waals surface area contributed by atoms with Gasteiger partial charge < -0.3 is 19.7 Å². The summed E-state index contributed by atoms with van der Waals surface area (Å²) in [7, 11) is -1.01. The van der Waals surface area contributed by atoms with Crippen LogP contribution in [-0.2, 0) is 11.0 Å². The van der Waals surface area contributed by atoms with Gasteiger partial charge in [0.2, 0.25) is 0 Å². The van der Waals surface area contributed by atoms with E-state index in [-0.39, 0.29) is 5.60 Å². The van der Waals surface area contributed by atoms with Gasteiger partial charge in [-0.25, -0.2) is 4.21 Å². The number of benzene rings is 1. The molecule has 1 saturated heterocycles. The number of nitrogens with zero attached hydrogens (tertiary/aromatic N) is 1. The van der Waals surface area contributed by atoms with Crippen molar-refractivity contribution in [1.82, 2.24) is 10.2 Å². The van der Waals surface area contributed by atoms with E-state index >= 15 is 0 Å². The fraction of sp³-hybridized carbons (Fsp3) is 0.700. The molecule has 1 aliphatic heterocycles. The summed E-state index contributed by atoms with van der Waals surface area (Å²) in [4.78, 5) is 2.49. The summed E-state index contributed by atoms with van der Waals surface area (Å²) in [6.45, 7) is 11.9. The Bertz CT molecular complexity index is 542. The minimum atomic E-state index is -1.01. The molecule has 1 heterocycles. The van der Waals surface area contributed by atoms with Crippen LogP contribution < -0.4 is 14.8 Å². The van der Waals surface area contributed by atoms with E-state index in [1.165, 1.54) is 0 Å². The van der Waals surface area contributed by atoms with Crippen molar-refractivity contribution < 1.29 is 8.95 Å². The van der Waals surface area contributed by atoms with Gasteiger partial charge in [0.05, 0.1) is 0 Å². The molecule has 5 nitrogen and oxygen atoms in total. The van der Waals surface area contributed by atoms with Crippen LogP contribution in [-0.4, -0.2) is 53.2 Å². The molecule has 1 aromatic rings. The molecule has 1 fully saturated rings. The Labute approximate surface area is 161 Å². The van der Waals surface area contributed by atoms with Gasteiger partial charge in [0.1, 0.15) is 22.3 Å². The molecule has 0 spiro atoms. The van der Waals surface area contributed by atoms with Crippen LogP contribution in [0.5, 0.6) is 5.75 Å². The molecule has 0 aliphatic carbocycles. The van der Waals surface area contributed by atoms with Crippen molar-refractivity contribution in [3.05, 3.63) is 24.3 Å². The van der Waals surface area contributed by atoms with Crippen molar-refractivity contribution in [3.8, 4) is 5.75 Å². The molecule has 0 bridgehead atoms. The van der Waals surface area contributed by atoms with Crippen LogP contribution in [0, 0.1) is 0 Å². The van der Waals surface area contributed by atoms with Gasteiger partial charge in [-0.05, 0) is 51.0 Å². The van der Waals surface area contributed by atoms with Crippen molar-refractivity contribution in [3.63, 3.8) is 0 Å². The monoisotopic (exact) mass is 381 g/mol. The average molecular weight is 382 g/mol. The van der Waals surface area contributed by atoms with Gasteiger partial charge in [0.25, 0.3) is 0 Å². The minimum Gasteiger partial charge on any atom is -0.488 e. The van der Waals surface area contributed by atoms with Crippen molar-refractivity contribution in [1.29, 1.82) is 0 Å². The van der Waals surface area contributed by atoms with Crippen LogP contribution in [0.4, 0.5) is 5.69 Å². The van der Waals surface area contributed by atoms with E-state index in [1.54, 1.807) is 0 Å². The summed E-state index contributed by atoms with van der Waals surface area (Å²) in [5.74, 6) is 1.56. The number of anilines is 1. The average Bonchev–Trinajstić information content (AvgIpc) is 2.63. The van der Waals surface area contributed by atoms with E-state index in [1.807, 2.05) is 24.3 Å². The maximum Gasteiger partial charge on any atom is 0.120 e. The highest BCUT2D eigenvalue weighted by molar-refractivity contribution is 7.86. The maximum atomic E-state index is 12.0. The van der Waals surface area contributed by atoms with Gasteiger partial charge >= 0.3 is 0 Å². The van der Waals surface area contributed by atoms with Crippen molar-refractivity contribution in [2.45, 2.75) is 52.1 Å². The molecule has 0 aromatic heterocycles. The number of nitrogens with one attached hydrogen (secondary N) is 2. The first kappa shape index (κ1) is 21.2. The molecule has 26 heavy (non-hydrogen) atoms. The SMILES string of the molecule is CCCCCS(=O)Nc1ccc(OC(C)(C)CCN2CCNCC2)cc1. The normalized spacial score (nSPS) is 17.0. The summed E-state index contributed by atoms with van der Waals surface area (Å²) >= 11 is 0. The molecule has 1 atom stereocenters. The van der Waals surface area contributed by atoms with E-state index < -0.39 is 11.0 Å². The summed E-state index contributed by atoms with van der Waals surface area (Å²) in [5.41, 5.74) is 0.675. The predicted octanol–water partition coefficient (Wildman–Crippen LogP) is 3.41. The van der Waals surface area contributed by atoms with Crippen LogP contribution >= 0.6 is 0 Å². The van der Waals surface area contributed by atoms with Crippen LogP contribution in [0.2, 0.25) is 0 Å². The summed E-state index contributed by atoms with van der Waals surface area (Å²) in [6.07, 6.45) is 4.27. The smallest absolute Gasteiger partial charge is 0.120 e. The van der Waals surface area contributed by atoms with Gasteiger partial charge in [-0.1, -0.05) is 19.8 Å². The summed E-state index contributed by atoms with van der Waals surface area (Å²) in [6, 6.07) is 7.80. The quantitative estimate of drug-likeness (QED) is 0.577. The number of hydrogen-bond donors (Lipinski definition) is 2. The van der Waals surface area contributed by atoms with Gasteiger partial charge in [-0.2, -0.15) is 0 Å². The molecule has 0 amide bonds. The molecule has 1 aromatic carbocycles. The Kier molecular flexibility index (Phi) is 8.88. The fourth-order valence-electron chi connectivity index (χ4n) is 2.99. The molecule has 6 heteroatoms. The Morgan fingerprint density at radius 3 is 2.54 bits per heavy atom. The topological polar surface area (TPSA) is 53.6 Å². The van der Waals surface area contributed by atoms with Gasteiger partial charge in [-0.3, -0.25) is 0 Å². The highest BCUT2D eigenvalue weighted by Crippen LogP contribution is 2.23. The lowest BCUT2D eigenvalue weighted by Gasteiger charge is -2.32. The zero-order valence-electron chi connectivity index (χ0n) is 16.6. The van der Waals surface area contributed by atoms with E-state index in [2.05, 4.69) is 35.7 Å². The van der Waals surface area contributed by atoms with Crippen molar-refractivity contribution in [2.75, 3.05) is 43.2 Å². The standard InChI is InChI=1S/C20H35N3O2S/c1-4-5-6-17-26(24)22-18-7-9-19(10-8-18)25-20(2,3)11-14-23-15-12-21-13-16-23/h7-10,21-22H,4-6,11-17H2,1-3H3. The number of unbranched alkanes of at least 4 members (excludes halogenated alkanes) is 2. The van der Waals surface area contributed by atoms with E-state index in [0.717, 1.165) is 69.8 Å². The molecular weight excluding hydrogens is 346 g/mol. The Morgan fingerprint density at radius 2 is 1.88 bits per heavy atom. The second-order valence-electron chi connectivity index (χ2n) is 7.59. The van der Waals surface area contributed by atoms with Crippen LogP contribution in [0.15, 0.2) is 24.3 Å². The second kappa shape index (κ2) is 10.9. The third-order valence-corrected chi connectivity index (χ3v) is 5.78. The number of piperazine rings is 1. The lowest BCUT2D eigenvalue weighted by molar-refractivity contribution is 0.0809. The largest absolute Gasteiger partial charge is 0.488 e. The molecule has 0 radical (unpaired) electrons. The fourth-order valence-corrected chi connectivity index (χ4v) is 3.96. The molecule has 148 valence electrons. The molecule has 2 N–H and O–H groups in total. The van der Waals surface area contributed by atoms with Gasteiger partial charge in [-0.15, -0.1) is 0 Å². The zero-order chi connectivity index (χ0) is 18.8. The van der Waals surface area contributed by atoms with Crippen molar-refractivity contribution in [2.24, 2.45) is 0 Å². The summed E-state index contributed by atoms with van der Waals surface area (Å²) in [5, 5.41) is 3.38. The molecule has 0 saturated carbocycles. The van der Waals surface area contributed by atoms with Gasteiger partial charge in [0.15, 0.2) is 0 Å².